The molecule has 100 valence electrons. The third-order valence-corrected chi connectivity index (χ3v) is 2.81. The summed E-state index contributed by atoms with van der Waals surface area (Å²) in [6, 6.07) is 5.95. The van der Waals surface area contributed by atoms with E-state index in [9.17, 15) is 9.18 Å². The van der Waals surface area contributed by atoms with Crippen LogP contribution in [0.4, 0.5) is 4.39 Å². The number of methoxy groups -OCH3 is 1. The second-order valence-corrected chi connectivity index (χ2v) is 4.03. The third kappa shape index (κ3) is 1.99. The van der Waals surface area contributed by atoms with Crippen LogP contribution in [-0.4, -0.2) is 33.2 Å². The number of carbonyl (C=O) groups excluding carboxylic acids is 1. The van der Waals surface area contributed by atoms with Crippen molar-refractivity contribution < 1.29 is 13.9 Å². The molecule has 0 fully saturated rings. The summed E-state index contributed by atoms with van der Waals surface area (Å²) in [5, 5.41) is 7.47. The van der Waals surface area contributed by atoms with E-state index in [2.05, 4.69) is 24.9 Å². The molecule has 0 unspecified atom stereocenters. The summed E-state index contributed by atoms with van der Waals surface area (Å²) in [5.41, 5.74) is 1.76. The number of H-pyrrole nitrogens is 1. The van der Waals surface area contributed by atoms with Crippen molar-refractivity contribution in [3.63, 3.8) is 0 Å². The van der Waals surface area contributed by atoms with Crippen molar-refractivity contribution in [1.29, 1.82) is 0 Å². The summed E-state index contributed by atoms with van der Waals surface area (Å²) in [5.74, 6) is -1.00. The maximum absolute atomic E-state index is 12.9. The average Bonchev–Trinajstić information content (AvgIpc) is 2.90. The zero-order chi connectivity index (χ0) is 14.1. The summed E-state index contributed by atoms with van der Waals surface area (Å²) in [4.78, 5) is 19.3. The molecule has 0 radical (unpaired) electrons. The fraction of sp³-hybridized carbons (Fsp3) is 0.0769. The van der Waals surface area contributed by atoms with Crippen LogP contribution in [0, 0.1) is 5.82 Å². The zero-order valence-corrected chi connectivity index (χ0v) is 10.4. The minimum atomic E-state index is -0.627. The molecule has 0 aliphatic heterocycles. The molecule has 2 aromatic heterocycles. The fourth-order valence-corrected chi connectivity index (χ4v) is 1.83. The van der Waals surface area contributed by atoms with E-state index in [1.165, 1.54) is 25.4 Å². The Morgan fingerprint density at radius 2 is 2.05 bits per heavy atom. The average molecular weight is 272 g/mol. The summed E-state index contributed by atoms with van der Waals surface area (Å²) < 4.78 is 17.5. The quantitative estimate of drug-likeness (QED) is 0.721. The highest BCUT2D eigenvalue weighted by Crippen LogP contribution is 2.24. The van der Waals surface area contributed by atoms with E-state index in [-0.39, 0.29) is 11.6 Å². The van der Waals surface area contributed by atoms with Gasteiger partial charge in [-0.1, -0.05) is 0 Å². The molecule has 3 aromatic rings. The van der Waals surface area contributed by atoms with Crippen molar-refractivity contribution >= 4 is 17.0 Å². The minimum absolute atomic E-state index is 0.0582. The van der Waals surface area contributed by atoms with E-state index < -0.39 is 5.97 Å². The van der Waals surface area contributed by atoms with Gasteiger partial charge in [0.1, 0.15) is 5.82 Å². The van der Waals surface area contributed by atoms with Crippen molar-refractivity contribution in [1.82, 2.24) is 20.2 Å². The van der Waals surface area contributed by atoms with Crippen LogP contribution >= 0.6 is 0 Å². The number of benzene rings is 1. The molecule has 0 bridgehead atoms. The molecule has 0 saturated heterocycles. The van der Waals surface area contributed by atoms with Gasteiger partial charge in [-0.15, -0.1) is 0 Å². The number of hydrogen-bond donors (Lipinski definition) is 1. The number of aromatic nitrogens is 4. The highest BCUT2D eigenvalue weighted by molar-refractivity contribution is 5.93. The van der Waals surface area contributed by atoms with Gasteiger partial charge in [0, 0.05) is 11.8 Å². The molecule has 0 spiro atoms. The lowest BCUT2D eigenvalue weighted by molar-refractivity contribution is 0.0587. The minimum Gasteiger partial charge on any atom is -0.463 e. The fourth-order valence-electron chi connectivity index (χ4n) is 1.83. The lowest BCUT2D eigenvalue weighted by Crippen LogP contribution is -2.06. The molecule has 20 heavy (non-hydrogen) atoms. The predicted octanol–water partition coefficient (Wildman–Crippen LogP) is 1.95. The number of ether oxygens (including phenoxy) is 1. The van der Waals surface area contributed by atoms with Gasteiger partial charge in [-0.25, -0.2) is 19.2 Å². The van der Waals surface area contributed by atoms with Gasteiger partial charge in [-0.2, -0.15) is 5.10 Å². The van der Waals surface area contributed by atoms with E-state index in [4.69, 9.17) is 0 Å². The molecular formula is C13H9FN4O2. The molecule has 7 heteroatoms. The van der Waals surface area contributed by atoms with Crippen LogP contribution in [0.1, 0.15) is 10.6 Å². The predicted molar refractivity (Wildman–Crippen MR) is 68.4 cm³/mol. The normalized spacial score (nSPS) is 10.7. The Morgan fingerprint density at radius 3 is 2.75 bits per heavy atom. The molecule has 1 N–H and O–H groups in total. The molecule has 0 aliphatic rings. The van der Waals surface area contributed by atoms with Gasteiger partial charge in [-0.05, 0) is 24.3 Å². The van der Waals surface area contributed by atoms with Crippen LogP contribution in [0.2, 0.25) is 0 Å². The van der Waals surface area contributed by atoms with Crippen LogP contribution in [-0.2, 0) is 4.74 Å². The van der Waals surface area contributed by atoms with Gasteiger partial charge in [0.25, 0.3) is 0 Å². The maximum atomic E-state index is 12.9. The van der Waals surface area contributed by atoms with Crippen LogP contribution in [0.25, 0.3) is 22.3 Å². The van der Waals surface area contributed by atoms with E-state index in [1.54, 1.807) is 12.1 Å². The number of nitrogens with zero attached hydrogens (tertiary/aromatic N) is 3. The first-order valence-corrected chi connectivity index (χ1v) is 5.74. The molecule has 2 heterocycles. The van der Waals surface area contributed by atoms with Crippen LogP contribution in [0.3, 0.4) is 0 Å². The zero-order valence-electron chi connectivity index (χ0n) is 10.4. The molecule has 6 nitrogen and oxygen atoms in total. The first-order chi connectivity index (χ1) is 9.69. The Balaban J connectivity index is 2.10. The Morgan fingerprint density at radius 1 is 1.30 bits per heavy atom. The van der Waals surface area contributed by atoms with Crippen molar-refractivity contribution in [2.75, 3.05) is 7.11 Å². The molecule has 1 aromatic carbocycles. The largest absolute Gasteiger partial charge is 0.463 e. The van der Waals surface area contributed by atoms with E-state index >= 15 is 0 Å². The number of nitrogens with one attached hydrogen (secondary N) is 1. The molecule has 0 saturated carbocycles. The Labute approximate surface area is 112 Å². The van der Waals surface area contributed by atoms with E-state index in [1.807, 2.05) is 0 Å². The second-order valence-electron chi connectivity index (χ2n) is 4.03. The van der Waals surface area contributed by atoms with Gasteiger partial charge in [0.05, 0.1) is 18.2 Å². The van der Waals surface area contributed by atoms with Gasteiger partial charge in [0.15, 0.2) is 5.65 Å². The maximum Gasteiger partial charge on any atom is 0.376 e. The summed E-state index contributed by atoms with van der Waals surface area (Å²) in [6.45, 7) is 0. The highest BCUT2D eigenvalue weighted by Gasteiger charge is 2.14. The SMILES string of the molecule is COC(=O)c1ncc2c(-c3ccc(F)cc3)[nH]nc2n1. The van der Waals surface area contributed by atoms with Crippen molar-refractivity contribution in [3.8, 4) is 11.3 Å². The molecule has 3 rings (SSSR count). The van der Waals surface area contributed by atoms with Crippen molar-refractivity contribution in [2.45, 2.75) is 0 Å². The van der Waals surface area contributed by atoms with E-state index in [0.717, 1.165) is 5.56 Å². The van der Waals surface area contributed by atoms with Gasteiger partial charge < -0.3 is 4.74 Å². The number of aromatic amines is 1. The van der Waals surface area contributed by atoms with Crippen LogP contribution in [0.5, 0.6) is 0 Å². The first kappa shape index (κ1) is 12.2. The molecule has 0 atom stereocenters. The van der Waals surface area contributed by atoms with Gasteiger partial charge >= 0.3 is 5.97 Å². The van der Waals surface area contributed by atoms with Crippen LogP contribution in [0.15, 0.2) is 30.5 Å². The number of carbonyl (C=O) groups is 1. The Bertz CT molecular complexity index is 783. The second kappa shape index (κ2) is 4.69. The van der Waals surface area contributed by atoms with Crippen molar-refractivity contribution in [2.24, 2.45) is 0 Å². The van der Waals surface area contributed by atoms with Gasteiger partial charge in [0.2, 0.25) is 5.82 Å². The Hall–Kier alpha value is -2.83. The summed E-state index contributed by atoms with van der Waals surface area (Å²) in [6.07, 6.45) is 1.48. The number of esters is 1. The standard InChI is InChI=1S/C13H9FN4O2/c1-20-13(19)12-15-6-9-10(17-18-11(9)16-12)7-2-4-8(14)5-3-7/h2-6H,1H3,(H,15,16,17,18). The van der Waals surface area contributed by atoms with E-state index in [0.29, 0.717) is 16.7 Å². The lowest BCUT2D eigenvalue weighted by Gasteiger charge is -1.99. The number of hydrogen-bond acceptors (Lipinski definition) is 5. The Kier molecular flexibility index (Phi) is 2.86. The third-order valence-electron chi connectivity index (χ3n) is 2.81. The number of fused-ring (bicyclic) bond motifs is 1. The lowest BCUT2D eigenvalue weighted by atomic mass is 10.1. The van der Waals surface area contributed by atoms with Crippen molar-refractivity contribution in [3.05, 3.63) is 42.1 Å². The number of halogens is 1. The molecule has 0 amide bonds. The molecular weight excluding hydrogens is 263 g/mol. The van der Waals surface area contributed by atoms with Crippen LogP contribution < -0.4 is 0 Å². The highest BCUT2D eigenvalue weighted by atomic mass is 19.1. The van der Waals surface area contributed by atoms with Gasteiger partial charge in [-0.3, -0.25) is 5.10 Å². The molecule has 0 aliphatic carbocycles. The summed E-state index contributed by atoms with van der Waals surface area (Å²) >= 11 is 0. The topological polar surface area (TPSA) is 80.8 Å². The first-order valence-electron chi connectivity index (χ1n) is 5.74. The number of rotatable bonds is 2. The smallest absolute Gasteiger partial charge is 0.376 e. The summed E-state index contributed by atoms with van der Waals surface area (Å²) in [7, 11) is 1.25. The monoisotopic (exact) mass is 272 g/mol.